The van der Waals surface area contributed by atoms with Crippen LogP contribution in [0.15, 0.2) is 47.4 Å². The number of amides is 1. The number of anilines is 3. The third-order valence-electron chi connectivity index (χ3n) is 4.36. The molecule has 0 aliphatic rings. The fourth-order valence-corrected chi connectivity index (χ4v) is 2.57. The van der Waals surface area contributed by atoms with Crippen LogP contribution in [0.1, 0.15) is 13.3 Å². The topological polar surface area (TPSA) is 81.6 Å². The fourth-order valence-electron chi connectivity index (χ4n) is 2.57. The van der Waals surface area contributed by atoms with E-state index in [1.54, 1.807) is 20.2 Å². The number of carbonyl (C=O) groups is 1. The third-order valence-corrected chi connectivity index (χ3v) is 4.36. The van der Waals surface area contributed by atoms with E-state index >= 15 is 0 Å². The zero-order valence-corrected chi connectivity index (χ0v) is 19.0. The second-order valence-electron chi connectivity index (χ2n) is 6.82. The van der Waals surface area contributed by atoms with E-state index < -0.39 is 0 Å². The number of hydrogen-bond acceptors (Lipinski definition) is 5. The summed E-state index contributed by atoms with van der Waals surface area (Å²) < 4.78 is 5.60. The van der Waals surface area contributed by atoms with Crippen molar-refractivity contribution in [1.29, 1.82) is 0 Å². The molecule has 8 nitrogen and oxygen atoms in total. The molecule has 1 aromatic carbocycles. The summed E-state index contributed by atoms with van der Waals surface area (Å²) in [5, 5.41) is 6.06. The first kappa shape index (κ1) is 24.9. The highest BCUT2D eigenvalue weighted by atomic mass is 16.5. The van der Waals surface area contributed by atoms with E-state index in [2.05, 4.69) is 43.6 Å². The maximum Gasteiger partial charge on any atom is 0.247 e. The number of benzene rings is 1. The summed E-state index contributed by atoms with van der Waals surface area (Å²) in [5.41, 5.74) is 2.89. The maximum atomic E-state index is 12.0. The van der Waals surface area contributed by atoms with Gasteiger partial charge in [-0.3, -0.25) is 9.79 Å². The van der Waals surface area contributed by atoms with Gasteiger partial charge in [0, 0.05) is 39.0 Å². The monoisotopic (exact) mass is 414 g/mol. The summed E-state index contributed by atoms with van der Waals surface area (Å²) in [6.45, 7) is 10.9. The summed E-state index contributed by atoms with van der Waals surface area (Å²) in [4.78, 5) is 24.9. The molecule has 0 saturated heterocycles. The van der Waals surface area contributed by atoms with Crippen LogP contribution in [0.5, 0.6) is 5.75 Å². The Kier molecular flexibility index (Phi) is 10.3. The molecule has 0 aliphatic heterocycles. The van der Waals surface area contributed by atoms with Crippen molar-refractivity contribution in [2.24, 2.45) is 9.98 Å². The molecule has 1 amide bonds. The minimum absolute atomic E-state index is 0.296. The van der Waals surface area contributed by atoms with Gasteiger partial charge in [0.15, 0.2) is 0 Å². The number of carbonyl (C=O) groups excluding carboxylic acids is 1. The number of allylic oxidation sites excluding steroid dienone is 1. The number of hydrogen-bond donors (Lipinski definition) is 2. The molecule has 0 spiro atoms. The first-order valence-corrected chi connectivity index (χ1v) is 9.74. The van der Waals surface area contributed by atoms with Crippen molar-refractivity contribution in [2.45, 2.75) is 13.3 Å². The number of aliphatic imine (C=N–C) groups is 2. The number of guanidine groups is 1. The molecule has 8 heteroatoms. The molecule has 0 atom stereocenters. The van der Waals surface area contributed by atoms with Crippen LogP contribution in [0.25, 0.3) is 0 Å². The van der Waals surface area contributed by atoms with Gasteiger partial charge in [0.05, 0.1) is 24.2 Å². The first-order valence-electron chi connectivity index (χ1n) is 9.74. The minimum atomic E-state index is -0.296. The van der Waals surface area contributed by atoms with Crippen LogP contribution < -0.4 is 20.3 Å². The Labute approximate surface area is 180 Å². The van der Waals surface area contributed by atoms with Gasteiger partial charge in [0.1, 0.15) is 5.75 Å². The minimum Gasteiger partial charge on any atom is -0.494 e. The smallest absolute Gasteiger partial charge is 0.247 e. The second-order valence-corrected chi connectivity index (χ2v) is 6.82. The van der Waals surface area contributed by atoms with E-state index in [9.17, 15) is 4.79 Å². The Morgan fingerprint density at radius 3 is 2.33 bits per heavy atom. The van der Waals surface area contributed by atoms with Crippen molar-refractivity contribution in [3.63, 3.8) is 0 Å². The number of rotatable bonds is 10. The largest absolute Gasteiger partial charge is 0.494 e. The van der Waals surface area contributed by atoms with Crippen molar-refractivity contribution < 1.29 is 9.53 Å². The molecular formula is C22H34N6O2. The molecule has 0 heterocycles. The molecule has 0 unspecified atom stereocenters. The average Bonchev–Trinajstić information content (AvgIpc) is 2.74. The Hall–Kier alpha value is -3.13. The Morgan fingerprint density at radius 2 is 1.83 bits per heavy atom. The van der Waals surface area contributed by atoms with Gasteiger partial charge in [-0.1, -0.05) is 20.1 Å². The predicted octanol–water partition coefficient (Wildman–Crippen LogP) is 3.25. The van der Waals surface area contributed by atoms with Crippen LogP contribution in [-0.4, -0.2) is 70.9 Å². The van der Waals surface area contributed by atoms with E-state index in [-0.39, 0.29) is 5.91 Å². The molecule has 1 aromatic rings. The molecule has 0 saturated carbocycles. The normalized spacial score (nSPS) is 11.8. The Balaban J connectivity index is 3.41. The standard InChI is InChI=1S/C22H34N6O2/c1-9-16(10-2)24-22(23-4)26-18-14-17(25-21(29)11-3)19(15-20(18)30-8)28(7)13-12-27(5)6/h9,11,14-15H,1,3,10,12-13H2,2,4-8H3,(H,23,26)(H,25,29)/b24-16+. The highest BCUT2D eigenvalue weighted by Gasteiger charge is 2.16. The SMILES string of the molecule is C=CC(=O)Nc1cc(NC(=NC)/N=C(\C=C)CC)c(OC)cc1N(C)CCN(C)C. The highest BCUT2D eigenvalue weighted by molar-refractivity contribution is 6.08. The van der Waals surface area contributed by atoms with Crippen LogP contribution in [0.3, 0.4) is 0 Å². The van der Waals surface area contributed by atoms with Crippen molar-refractivity contribution in [3.05, 3.63) is 37.4 Å². The molecule has 0 aromatic heterocycles. The van der Waals surface area contributed by atoms with Crippen LogP contribution in [0.4, 0.5) is 17.1 Å². The third kappa shape index (κ3) is 7.36. The fraction of sp³-hybridized carbons (Fsp3) is 0.409. The average molecular weight is 415 g/mol. The summed E-state index contributed by atoms with van der Waals surface area (Å²) >= 11 is 0. The van der Waals surface area contributed by atoms with Crippen molar-refractivity contribution in [1.82, 2.24) is 4.90 Å². The summed E-state index contributed by atoms with van der Waals surface area (Å²) in [6.07, 6.45) is 3.67. The molecule has 30 heavy (non-hydrogen) atoms. The number of likely N-dealkylation sites (N-methyl/N-ethyl adjacent to an activating group) is 2. The lowest BCUT2D eigenvalue weighted by Gasteiger charge is -2.26. The lowest BCUT2D eigenvalue weighted by molar-refractivity contribution is -0.111. The highest BCUT2D eigenvalue weighted by Crippen LogP contribution is 2.37. The Morgan fingerprint density at radius 1 is 1.13 bits per heavy atom. The van der Waals surface area contributed by atoms with Gasteiger partial charge in [-0.15, -0.1) is 0 Å². The van der Waals surface area contributed by atoms with Crippen LogP contribution in [0.2, 0.25) is 0 Å². The van der Waals surface area contributed by atoms with E-state index in [0.29, 0.717) is 23.1 Å². The molecule has 0 bridgehead atoms. The summed E-state index contributed by atoms with van der Waals surface area (Å²) in [7, 11) is 9.25. The molecular weight excluding hydrogens is 380 g/mol. The van der Waals surface area contributed by atoms with Gasteiger partial charge >= 0.3 is 0 Å². The summed E-state index contributed by atoms with van der Waals surface area (Å²) in [6, 6.07) is 3.68. The van der Waals surface area contributed by atoms with Gasteiger partial charge in [-0.05, 0) is 38.7 Å². The van der Waals surface area contributed by atoms with Crippen LogP contribution in [0, 0.1) is 0 Å². The molecule has 1 rings (SSSR count). The number of nitrogens with zero attached hydrogens (tertiary/aromatic N) is 4. The summed E-state index contributed by atoms with van der Waals surface area (Å²) in [5.74, 6) is 0.724. The lowest BCUT2D eigenvalue weighted by Crippen LogP contribution is -2.29. The quantitative estimate of drug-likeness (QED) is 0.349. The molecule has 0 fully saturated rings. The van der Waals surface area contributed by atoms with Gasteiger partial charge in [-0.25, -0.2) is 4.99 Å². The van der Waals surface area contributed by atoms with Crippen LogP contribution in [-0.2, 0) is 4.79 Å². The second kappa shape index (κ2) is 12.4. The number of methoxy groups -OCH3 is 1. The predicted molar refractivity (Wildman–Crippen MR) is 129 cm³/mol. The van der Waals surface area contributed by atoms with Gasteiger partial charge in [0.25, 0.3) is 0 Å². The molecule has 2 N–H and O–H groups in total. The maximum absolute atomic E-state index is 12.0. The molecule has 0 radical (unpaired) electrons. The van der Waals surface area contributed by atoms with Gasteiger partial charge in [0.2, 0.25) is 11.9 Å². The number of ether oxygens (including phenoxy) is 1. The zero-order chi connectivity index (χ0) is 22.7. The van der Waals surface area contributed by atoms with E-state index in [0.717, 1.165) is 30.9 Å². The zero-order valence-electron chi connectivity index (χ0n) is 19.0. The van der Waals surface area contributed by atoms with Crippen molar-refractivity contribution in [2.75, 3.05) is 63.9 Å². The lowest BCUT2D eigenvalue weighted by atomic mass is 10.2. The van der Waals surface area contributed by atoms with Crippen LogP contribution >= 0.6 is 0 Å². The molecule has 0 aliphatic carbocycles. The first-order chi connectivity index (χ1) is 14.3. The van der Waals surface area contributed by atoms with E-state index in [4.69, 9.17) is 4.74 Å². The van der Waals surface area contributed by atoms with Gasteiger partial charge in [-0.2, -0.15) is 0 Å². The molecule has 164 valence electrons. The van der Waals surface area contributed by atoms with Gasteiger partial charge < -0.3 is 25.2 Å². The van der Waals surface area contributed by atoms with Crippen molar-refractivity contribution in [3.8, 4) is 5.75 Å². The number of nitrogens with one attached hydrogen (secondary N) is 2. The van der Waals surface area contributed by atoms with E-state index in [1.165, 1.54) is 6.08 Å². The van der Waals surface area contributed by atoms with E-state index in [1.807, 2.05) is 40.2 Å². The Bertz CT molecular complexity index is 814. The van der Waals surface area contributed by atoms with Crippen molar-refractivity contribution >= 4 is 34.6 Å².